The highest BCUT2D eigenvalue weighted by Crippen LogP contribution is 2.66. The third-order valence-electron chi connectivity index (χ3n) is 9.10. The number of nitrogens with one attached hydrogen (secondary N) is 1. The standard InChI is InChI=1S/C23H38N2O2/c1-4-15-17-6-5-16-18-7-8-21(26)23(18,3)11-9-19(16)22(17,2)12-10-20(15)25-27-14-13-24/h16-19,25H,4-14,24H2,1-3H3/t16-,17?,18-,19+,22-,23-/m0/s1. The maximum atomic E-state index is 12.6. The van der Waals surface area contributed by atoms with Crippen LogP contribution in [0.4, 0.5) is 0 Å². The van der Waals surface area contributed by atoms with Crippen molar-refractivity contribution >= 4 is 5.78 Å². The Morgan fingerprint density at radius 1 is 1.11 bits per heavy atom. The summed E-state index contributed by atoms with van der Waals surface area (Å²) in [6.07, 6.45) is 10.4. The van der Waals surface area contributed by atoms with Crippen molar-refractivity contribution in [2.24, 2.45) is 40.2 Å². The van der Waals surface area contributed by atoms with Crippen molar-refractivity contribution < 1.29 is 9.63 Å². The van der Waals surface area contributed by atoms with Crippen LogP contribution in [0.25, 0.3) is 0 Å². The molecule has 152 valence electrons. The molecule has 0 aromatic heterocycles. The minimum absolute atomic E-state index is 0.00870. The first-order valence-corrected chi connectivity index (χ1v) is 11.3. The summed E-state index contributed by atoms with van der Waals surface area (Å²) in [6, 6.07) is 0. The predicted molar refractivity (Wildman–Crippen MR) is 108 cm³/mol. The fourth-order valence-electron chi connectivity index (χ4n) is 7.70. The second kappa shape index (κ2) is 7.18. The highest BCUT2D eigenvalue weighted by molar-refractivity contribution is 5.87. The predicted octanol–water partition coefficient (Wildman–Crippen LogP) is 4.35. The molecule has 27 heavy (non-hydrogen) atoms. The summed E-state index contributed by atoms with van der Waals surface area (Å²) in [4.78, 5) is 18.2. The van der Waals surface area contributed by atoms with Gasteiger partial charge in [-0.3, -0.25) is 15.1 Å². The third kappa shape index (κ3) is 2.90. The molecule has 0 aliphatic heterocycles. The Morgan fingerprint density at radius 3 is 2.67 bits per heavy atom. The van der Waals surface area contributed by atoms with E-state index in [1.54, 1.807) is 5.57 Å². The van der Waals surface area contributed by atoms with E-state index in [9.17, 15) is 4.79 Å². The molecule has 0 saturated heterocycles. The van der Waals surface area contributed by atoms with Crippen LogP contribution >= 0.6 is 0 Å². The zero-order valence-corrected chi connectivity index (χ0v) is 17.5. The van der Waals surface area contributed by atoms with Crippen LogP contribution in [-0.2, 0) is 9.63 Å². The van der Waals surface area contributed by atoms with Crippen molar-refractivity contribution in [3.8, 4) is 0 Å². The van der Waals surface area contributed by atoms with Crippen molar-refractivity contribution in [3.63, 3.8) is 0 Å². The van der Waals surface area contributed by atoms with E-state index < -0.39 is 0 Å². The van der Waals surface area contributed by atoms with E-state index >= 15 is 0 Å². The molecule has 3 saturated carbocycles. The fraction of sp³-hybridized carbons (Fsp3) is 0.870. The lowest BCUT2D eigenvalue weighted by atomic mass is 9.45. The van der Waals surface area contributed by atoms with E-state index in [2.05, 4.69) is 26.3 Å². The summed E-state index contributed by atoms with van der Waals surface area (Å²) in [5.74, 6) is 3.41. The number of hydrogen-bond donors (Lipinski definition) is 2. The van der Waals surface area contributed by atoms with Gasteiger partial charge in [-0.15, -0.1) is 0 Å². The van der Waals surface area contributed by atoms with Crippen molar-refractivity contribution in [3.05, 3.63) is 11.3 Å². The lowest BCUT2D eigenvalue weighted by Gasteiger charge is -2.60. The Hall–Kier alpha value is -0.870. The van der Waals surface area contributed by atoms with Crippen LogP contribution < -0.4 is 11.2 Å². The van der Waals surface area contributed by atoms with E-state index in [0.29, 0.717) is 36.2 Å². The first kappa shape index (κ1) is 19.4. The van der Waals surface area contributed by atoms with Gasteiger partial charge < -0.3 is 5.73 Å². The van der Waals surface area contributed by atoms with Crippen LogP contribution in [0.5, 0.6) is 0 Å². The van der Waals surface area contributed by atoms with Crippen molar-refractivity contribution in [1.29, 1.82) is 0 Å². The first-order valence-electron chi connectivity index (χ1n) is 11.3. The summed E-state index contributed by atoms with van der Waals surface area (Å²) >= 11 is 0. The van der Waals surface area contributed by atoms with Crippen molar-refractivity contribution in [2.75, 3.05) is 13.2 Å². The normalized spacial score (nSPS) is 43.9. The van der Waals surface area contributed by atoms with Gasteiger partial charge >= 0.3 is 0 Å². The second-order valence-corrected chi connectivity index (χ2v) is 10.0. The maximum Gasteiger partial charge on any atom is 0.139 e. The Balaban J connectivity index is 1.59. The zero-order chi connectivity index (χ0) is 19.2. The molecule has 4 heteroatoms. The van der Waals surface area contributed by atoms with Gasteiger partial charge in [-0.25, -0.2) is 0 Å². The molecular weight excluding hydrogens is 336 g/mol. The Bertz CT molecular complexity index is 630. The Kier molecular flexibility index (Phi) is 5.17. The lowest BCUT2D eigenvalue weighted by molar-refractivity contribution is -0.136. The number of Topliss-reactive ketones (excluding diaryl/α,β-unsaturated/α-hetero) is 1. The average Bonchev–Trinajstić information content (AvgIpc) is 2.97. The van der Waals surface area contributed by atoms with Crippen LogP contribution in [0.3, 0.4) is 0 Å². The van der Waals surface area contributed by atoms with Crippen LogP contribution in [0.2, 0.25) is 0 Å². The van der Waals surface area contributed by atoms with Gasteiger partial charge in [0.1, 0.15) is 5.78 Å². The number of hydrogen-bond acceptors (Lipinski definition) is 4. The molecule has 4 aliphatic rings. The Morgan fingerprint density at radius 2 is 1.93 bits per heavy atom. The number of allylic oxidation sites excluding steroid dienone is 2. The fourth-order valence-corrected chi connectivity index (χ4v) is 7.70. The summed E-state index contributed by atoms with van der Waals surface area (Å²) in [6.45, 7) is 8.26. The van der Waals surface area contributed by atoms with E-state index in [-0.39, 0.29) is 5.41 Å². The van der Waals surface area contributed by atoms with Crippen molar-refractivity contribution in [1.82, 2.24) is 5.48 Å². The summed E-state index contributed by atoms with van der Waals surface area (Å²) < 4.78 is 0. The van der Waals surface area contributed by atoms with Gasteiger partial charge in [0.25, 0.3) is 0 Å². The molecule has 1 unspecified atom stereocenters. The molecule has 4 nitrogen and oxygen atoms in total. The molecule has 0 amide bonds. The summed E-state index contributed by atoms with van der Waals surface area (Å²) in [7, 11) is 0. The molecule has 6 atom stereocenters. The lowest BCUT2D eigenvalue weighted by Crippen LogP contribution is -2.53. The number of ketones is 1. The first-order chi connectivity index (χ1) is 13.0. The maximum absolute atomic E-state index is 12.6. The molecule has 4 aliphatic carbocycles. The number of nitrogens with two attached hydrogens (primary N) is 1. The minimum atomic E-state index is -0.00870. The number of carbonyl (C=O) groups excluding carboxylic acids is 1. The zero-order valence-electron chi connectivity index (χ0n) is 17.5. The average molecular weight is 375 g/mol. The van der Waals surface area contributed by atoms with E-state index in [4.69, 9.17) is 10.6 Å². The molecule has 0 aromatic carbocycles. The topological polar surface area (TPSA) is 64.3 Å². The molecule has 4 rings (SSSR count). The van der Waals surface area contributed by atoms with Gasteiger partial charge in [0.15, 0.2) is 0 Å². The van der Waals surface area contributed by atoms with Crippen LogP contribution in [0, 0.1) is 34.5 Å². The monoisotopic (exact) mass is 374 g/mol. The van der Waals surface area contributed by atoms with Crippen molar-refractivity contribution in [2.45, 2.75) is 78.6 Å². The molecule has 3 N–H and O–H groups in total. The number of fused-ring (bicyclic) bond motifs is 5. The largest absolute Gasteiger partial charge is 0.328 e. The quantitative estimate of drug-likeness (QED) is 0.554. The van der Waals surface area contributed by atoms with Crippen LogP contribution in [0.15, 0.2) is 11.3 Å². The molecule has 3 fully saturated rings. The molecule has 0 spiro atoms. The van der Waals surface area contributed by atoms with Gasteiger partial charge in [0.2, 0.25) is 0 Å². The van der Waals surface area contributed by atoms with Gasteiger partial charge in [0, 0.05) is 24.1 Å². The van der Waals surface area contributed by atoms with Crippen LogP contribution in [0.1, 0.15) is 78.6 Å². The van der Waals surface area contributed by atoms with E-state index in [1.807, 2.05) is 0 Å². The Labute approximate surface area is 164 Å². The summed E-state index contributed by atoms with van der Waals surface area (Å²) in [5, 5.41) is 0. The number of rotatable bonds is 5. The summed E-state index contributed by atoms with van der Waals surface area (Å²) in [5.41, 5.74) is 12.1. The minimum Gasteiger partial charge on any atom is -0.328 e. The molecular formula is C23H38N2O2. The SMILES string of the molecule is CCC1=C(NOCCN)CC[C@@]2(C)C1CC[C@@H]1[C@H]2CC[C@]2(C)C(=O)CC[C@@H]12. The van der Waals surface area contributed by atoms with Gasteiger partial charge in [-0.1, -0.05) is 20.8 Å². The molecule has 0 radical (unpaired) electrons. The van der Waals surface area contributed by atoms with E-state index in [1.165, 1.54) is 31.4 Å². The van der Waals surface area contributed by atoms with Crippen LogP contribution in [-0.4, -0.2) is 18.9 Å². The third-order valence-corrected chi connectivity index (χ3v) is 9.10. The molecule has 0 heterocycles. The second-order valence-electron chi connectivity index (χ2n) is 10.0. The number of hydroxylamine groups is 1. The molecule has 0 aromatic rings. The smallest absolute Gasteiger partial charge is 0.139 e. The van der Waals surface area contributed by atoms with E-state index in [0.717, 1.165) is 43.9 Å². The highest BCUT2D eigenvalue weighted by atomic mass is 16.6. The van der Waals surface area contributed by atoms with Gasteiger partial charge in [-0.05, 0) is 86.0 Å². The number of carbonyl (C=O) groups is 1. The highest BCUT2D eigenvalue weighted by Gasteiger charge is 2.60. The van der Waals surface area contributed by atoms with Gasteiger partial charge in [0.05, 0.1) is 6.61 Å². The van der Waals surface area contributed by atoms with Gasteiger partial charge in [-0.2, -0.15) is 0 Å². The molecule has 0 bridgehead atoms.